The van der Waals surface area contributed by atoms with Gasteiger partial charge in [-0.1, -0.05) is 0 Å². The van der Waals surface area contributed by atoms with E-state index in [4.69, 9.17) is 5.73 Å². The number of nitrogens with zero attached hydrogens (tertiary/aromatic N) is 2. The van der Waals surface area contributed by atoms with Gasteiger partial charge in [-0.3, -0.25) is 4.79 Å². The Balaban J connectivity index is 2.45. The van der Waals surface area contributed by atoms with Crippen LogP contribution in [0, 0.1) is 0 Å². The van der Waals surface area contributed by atoms with Crippen LogP contribution in [0.3, 0.4) is 0 Å². The van der Waals surface area contributed by atoms with Crippen LogP contribution >= 0.6 is 0 Å². The predicted molar refractivity (Wildman–Crippen MR) is 40.1 cm³/mol. The van der Waals surface area contributed by atoms with Crippen molar-refractivity contribution in [2.24, 2.45) is 15.7 Å². The summed E-state index contributed by atoms with van der Waals surface area (Å²) in [6.07, 6.45) is 2.56. The lowest BCUT2D eigenvalue weighted by atomic mass is 10.2. The predicted octanol–water partition coefficient (Wildman–Crippen LogP) is -1.23. The molecule has 3 N–H and O–H groups in total. The van der Waals surface area contributed by atoms with Crippen LogP contribution in [-0.4, -0.2) is 24.1 Å². The molecular weight excluding hydrogens is 144 g/mol. The molecule has 56 valence electrons. The maximum absolute atomic E-state index is 11.0. The van der Waals surface area contributed by atoms with E-state index in [1.54, 1.807) is 6.08 Å². The fraction of sp³-hybridized carbons (Fsp3) is 0.167. The highest BCUT2D eigenvalue weighted by atomic mass is 16.2. The van der Waals surface area contributed by atoms with Crippen LogP contribution in [0.25, 0.3) is 0 Å². The second kappa shape index (κ2) is 2.00. The van der Waals surface area contributed by atoms with Crippen molar-refractivity contribution in [3.8, 4) is 0 Å². The van der Waals surface area contributed by atoms with Crippen LogP contribution in [0.5, 0.6) is 0 Å². The lowest BCUT2D eigenvalue weighted by molar-refractivity contribution is -0.115. The number of nitrogens with two attached hydrogens (primary N) is 1. The summed E-state index contributed by atoms with van der Waals surface area (Å²) in [5.41, 5.74) is 6.37. The first kappa shape index (κ1) is 6.23. The summed E-state index contributed by atoms with van der Waals surface area (Å²) in [4.78, 5) is 18.7. The smallest absolute Gasteiger partial charge is 0.273 e. The number of amides is 1. The Morgan fingerprint density at radius 1 is 1.64 bits per heavy atom. The molecule has 1 unspecified atom stereocenters. The molecule has 0 aromatic rings. The van der Waals surface area contributed by atoms with Gasteiger partial charge in [0.25, 0.3) is 5.91 Å². The van der Waals surface area contributed by atoms with Gasteiger partial charge in [-0.15, -0.1) is 0 Å². The van der Waals surface area contributed by atoms with Crippen molar-refractivity contribution in [1.29, 1.82) is 0 Å². The molecule has 0 aliphatic carbocycles. The average Bonchev–Trinajstić information content (AvgIpc) is 2.34. The van der Waals surface area contributed by atoms with Crippen molar-refractivity contribution in [3.05, 3.63) is 11.8 Å². The first-order chi connectivity index (χ1) is 5.27. The third kappa shape index (κ3) is 0.857. The molecule has 0 aromatic heterocycles. The van der Waals surface area contributed by atoms with Crippen LogP contribution in [-0.2, 0) is 4.79 Å². The number of hydrogen-bond donors (Lipinski definition) is 2. The zero-order valence-corrected chi connectivity index (χ0v) is 5.61. The molecule has 5 heteroatoms. The zero-order chi connectivity index (χ0) is 7.84. The number of nitrogens with one attached hydrogen (secondary N) is 1. The van der Waals surface area contributed by atoms with Gasteiger partial charge in [0.15, 0.2) is 5.71 Å². The fourth-order valence-electron chi connectivity index (χ4n) is 1.00. The molecule has 2 rings (SSSR count). The quantitative estimate of drug-likeness (QED) is 0.453. The molecule has 5 nitrogen and oxygen atoms in total. The minimum atomic E-state index is -0.438. The minimum absolute atomic E-state index is 0.257. The molecule has 0 saturated carbocycles. The van der Waals surface area contributed by atoms with Gasteiger partial charge in [0.05, 0.1) is 11.9 Å². The van der Waals surface area contributed by atoms with E-state index in [0.717, 1.165) is 0 Å². The summed E-state index contributed by atoms with van der Waals surface area (Å²) in [5.74, 6) is -0.257. The third-order valence-corrected chi connectivity index (χ3v) is 1.48. The van der Waals surface area contributed by atoms with E-state index >= 15 is 0 Å². The second-order valence-corrected chi connectivity index (χ2v) is 2.27. The summed E-state index contributed by atoms with van der Waals surface area (Å²) in [6, 6.07) is 0. The van der Waals surface area contributed by atoms with Gasteiger partial charge in [-0.25, -0.2) is 9.98 Å². The zero-order valence-electron chi connectivity index (χ0n) is 5.61. The summed E-state index contributed by atoms with van der Waals surface area (Å²) in [6.45, 7) is 0. The Hall–Kier alpha value is -1.49. The van der Waals surface area contributed by atoms with Crippen molar-refractivity contribution in [1.82, 2.24) is 5.32 Å². The van der Waals surface area contributed by atoms with Gasteiger partial charge in [-0.2, -0.15) is 0 Å². The number of hydrogen-bond acceptors (Lipinski definition) is 4. The average molecular weight is 150 g/mol. The molecule has 0 aromatic carbocycles. The van der Waals surface area contributed by atoms with E-state index in [1.807, 2.05) is 0 Å². The number of aliphatic imine (C=N–C) groups is 2. The van der Waals surface area contributed by atoms with E-state index in [1.165, 1.54) is 6.34 Å². The van der Waals surface area contributed by atoms with Gasteiger partial charge < -0.3 is 11.1 Å². The lowest BCUT2D eigenvalue weighted by Crippen LogP contribution is -2.47. The van der Waals surface area contributed by atoms with Gasteiger partial charge >= 0.3 is 0 Å². The largest absolute Gasteiger partial charge is 0.332 e. The van der Waals surface area contributed by atoms with Crippen LogP contribution in [0.15, 0.2) is 21.8 Å². The highest BCUT2D eigenvalue weighted by Crippen LogP contribution is 2.10. The molecule has 11 heavy (non-hydrogen) atoms. The Kier molecular flexibility index (Phi) is 1.13. The van der Waals surface area contributed by atoms with Gasteiger partial charge in [0, 0.05) is 0 Å². The normalized spacial score (nSPS) is 27.4. The van der Waals surface area contributed by atoms with Gasteiger partial charge in [-0.05, 0) is 6.08 Å². The molecule has 0 radical (unpaired) electrons. The molecular formula is C6H6N4O. The monoisotopic (exact) mass is 150 g/mol. The Labute approximate surface area is 62.7 Å². The first-order valence-corrected chi connectivity index (χ1v) is 3.16. The molecule has 0 saturated heterocycles. The lowest BCUT2D eigenvalue weighted by Gasteiger charge is -2.15. The minimum Gasteiger partial charge on any atom is -0.332 e. The summed E-state index contributed by atoms with van der Waals surface area (Å²) in [7, 11) is 0. The van der Waals surface area contributed by atoms with Crippen LogP contribution in [0.1, 0.15) is 0 Å². The van der Waals surface area contributed by atoms with Gasteiger partial charge in [0.1, 0.15) is 6.34 Å². The van der Waals surface area contributed by atoms with Crippen molar-refractivity contribution in [2.75, 3.05) is 0 Å². The summed E-state index contributed by atoms with van der Waals surface area (Å²) < 4.78 is 0. The second-order valence-electron chi connectivity index (χ2n) is 2.27. The highest BCUT2D eigenvalue weighted by molar-refractivity contribution is 6.48. The molecule has 0 fully saturated rings. The van der Waals surface area contributed by atoms with E-state index < -0.39 is 6.17 Å². The molecule has 1 amide bonds. The number of rotatable bonds is 0. The van der Waals surface area contributed by atoms with Crippen molar-refractivity contribution in [2.45, 2.75) is 6.17 Å². The van der Waals surface area contributed by atoms with Crippen molar-refractivity contribution < 1.29 is 4.79 Å². The molecule has 2 aliphatic heterocycles. The van der Waals surface area contributed by atoms with Crippen LogP contribution in [0.4, 0.5) is 0 Å². The molecule has 0 spiro atoms. The van der Waals surface area contributed by atoms with Crippen LogP contribution in [0.2, 0.25) is 0 Å². The maximum atomic E-state index is 11.0. The van der Waals surface area contributed by atoms with E-state index in [0.29, 0.717) is 11.4 Å². The number of fused-ring (bicyclic) bond motifs is 1. The van der Waals surface area contributed by atoms with Crippen molar-refractivity contribution >= 4 is 18.0 Å². The summed E-state index contributed by atoms with van der Waals surface area (Å²) >= 11 is 0. The van der Waals surface area contributed by atoms with E-state index in [-0.39, 0.29) is 5.91 Å². The van der Waals surface area contributed by atoms with E-state index in [9.17, 15) is 4.79 Å². The Bertz CT molecular complexity index is 302. The van der Waals surface area contributed by atoms with Gasteiger partial charge in [0.2, 0.25) is 0 Å². The first-order valence-electron chi connectivity index (χ1n) is 3.16. The van der Waals surface area contributed by atoms with Crippen molar-refractivity contribution in [3.63, 3.8) is 0 Å². The van der Waals surface area contributed by atoms with Crippen LogP contribution < -0.4 is 11.1 Å². The number of carbonyl (C=O) groups excluding carboxylic acids is 1. The third-order valence-electron chi connectivity index (χ3n) is 1.48. The standard InChI is InChI=1S/C6H6N4O/c7-4-1-3-5(6(11)10-4)9-2-8-3/h1-2,4H,7H2,(H,10,11). The molecule has 2 aliphatic rings. The molecule has 1 atom stereocenters. The topological polar surface area (TPSA) is 79.8 Å². The van der Waals surface area contributed by atoms with E-state index in [2.05, 4.69) is 15.3 Å². The Morgan fingerprint density at radius 3 is 3.27 bits per heavy atom. The fourth-order valence-corrected chi connectivity index (χ4v) is 1.00. The number of carbonyl (C=O) groups is 1. The maximum Gasteiger partial charge on any atom is 0.273 e. The Morgan fingerprint density at radius 2 is 2.45 bits per heavy atom. The molecule has 0 bridgehead atoms. The molecule has 2 heterocycles. The highest BCUT2D eigenvalue weighted by Gasteiger charge is 2.25. The SMILES string of the molecule is NC1C=C2N=CN=C2C(=O)N1. The summed E-state index contributed by atoms with van der Waals surface area (Å²) in [5, 5.41) is 2.50.